The first-order valence-electron chi connectivity index (χ1n) is 4.26. The lowest BCUT2D eigenvalue weighted by Gasteiger charge is -2.18. The van der Waals surface area contributed by atoms with Crippen LogP contribution in [0.25, 0.3) is 0 Å². The van der Waals surface area contributed by atoms with Crippen LogP contribution >= 0.6 is 0 Å². The van der Waals surface area contributed by atoms with Crippen molar-refractivity contribution in [1.29, 1.82) is 0 Å². The van der Waals surface area contributed by atoms with Gasteiger partial charge >= 0.3 is 0 Å². The normalized spacial score (nSPS) is 11.5. The van der Waals surface area contributed by atoms with Crippen LogP contribution in [0.1, 0.15) is 20.3 Å². The molecule has 0 rings (SSSR count). The van der Waals surface area contributed by atoms with Crippen LogP contribution in [0.3, 0.4) is 0 Å². The summed E-state index contributed by atoms with van der Waals surface area (Å²) in [4.78, 5) is 0. The van der Waals surface area contributed by atoms with E-state index in [1.165, 1.54) is 4.31 Å². The van der Waals surface area contributed by atoms with Gasteiger partial charge in [0, 0.05) is 26.1 Å². The molecule has 0 aliphatic rings. The van der Waals surface area contributed by atoms with Crippen molar-refractivity contribution in [2.24, 2.45) is 0 Å². The van der Waals surface area contributed by atoms with Gasteiger partial charge in [-0.15, -0.1) is 12.3 Å². The lowest BCUT2D eigenvalue weighted by molar-refractivity contribution is 0.435. The Kier molecular flexibility index (Phi) is 5.71. The Balaban J connectivity index is 4.15. The fourth-order valence-corrected chi connectivity index (χ4v) is 2.13. The Hall–Kier alpha value is -0.570. The molecule has 0 aromatic heterocycles. The average molecular weight is 204 g/mol. The first-order valence-corrected chi connectivity index (χ1v) is 5.70. The molecule has 0 atom stereocenters. The van der Waals surface area contributed by atoms with E-state index in [1.54, 1.807) is 13.8 Å². The molecule has 5 heteroatoms. The summed E-state index contributed by atoms with van der Waals surface area (Å²) in [6, 6.07) is 0. The number of hydrogen-bond donors (Lipinski definition) is 1. The van der Waals surface area contributed by atoms with E-state index in [0.717, 1.165) is 0 Å². The quantitative estimate of drug-likeness (QED) is 0.496. The van der Waals surface area contributed by atoms with Crippen molar-refractivity contribution in [3.8, 4) is 12.3 Å². The van der Waals surface area contributed by atoms with Crippen molar-refractivity contribution >= 4 is 10.2 Å². The van der Waals surface area contributed by atoms with E-state index < -0.39 is 10.2 Å². The SMILES string of the molecule is C#CCCNS(=O)(=O)N(CC)CC. The Morgan fingerprint density at radius 3 is 2.31 bits per heavy atom. The Labute approximate surface area is 80.5 Å². The second-order valence-corrected chi connectivity index (χ2v) is 4.19. The maximum absolute atomic E-state index is 11.4. The van der Waals surface area contributed by atoms with Crippen molar-refractivity contribution in [2.45, 2.75) is 20.3 Å². The van der Waals surface area contributed by atoms with E-state index in [0.29, 0.717) is 26.1 Å². The Morgan fingerprint density at radius 1 is 1.38 bits per heavy atom. The van der Waals surface area contributed by atoms with Crippen LogP contribution in [-0.4, -0.2) is 32.4 Å². The molecule has 0 unspecified atom stereocenters. The third-order valence-electron chi connectivity index (χ3n) is 1.60. The van der Waals surface area contributed by atoms with Crippen molar-refractivity contribution in [3.05, 3.63) is 0 Å². The molecule has 0 bridgehead atoms. The maximum atomic E-state index is 11.4. The molecule has 4 nitrogen and oxygen atoms in total. The van der Waals surface area contributed by atoms with Gasteiger partial charge in [0.25, 0.3) is 10.2 Å². The van der Waals surface area contributed by atoms with Crippen LogP contribution in [0.2, 0.25) is 0 Å². The highest BCUT2D eigenvalue weighted by atomic mass is 32.2. The fourth-order valence-electron chi connectivity index (χ4n) is 0.907. The minimum atomic E-state index is -3.31. The topological polar surface area (TPSA) is 49.4 Å². The zero-order chi connectivity index (χ0) is 10.3. The highest BCUT2D eigenvalue weighted by Gasteiger charge is 2.16. The number of rotatable bonds is 6. The van der Waals surface area contributed by atoms with E-state index in [4.69, 9.17) is 6.42 Å². The summed E-state index contributed by atoms with van der Waals surface area (Å²) >= 11 is 0. The number of nitrogens with one attached hydrogen (secondary N) is 1. The standard InChI is InChI=1S/C8H16N2O2S/c1-4-7-8-9-13(11,12)10(5-2)6-3/h1,9H,5-8H2,2-3H3. The van der Waals surface area contributed by atoms with Crippen LogP contribution in [0.15, 0.2) is 0 Å². The van der Waals surface area contributed by atoms with Gasteiger partial charge in [-0.1, -0.05) is 13.8 Å². The van der Waals surface area contributed by atoms with Gasteiger partial charge < -0.3 is 0 Å². The van der Waals surface area contributed by atoms with Crippen molar-refractivity contribution in [1.82, 2.24) is 9.03 Å². The molecular formula is C8H16N2O2S. The summed E-state index contributed by atoms with van der Waals surface area (Å²) in [5.41, 5.74) is 0. The van der Waals surface area contributed by atoms with Crippen LogP contribution in [-0.2, 0) is 10.2 Å². The van der Waals surface area contributed by atoms with Gasteiger partial charge in [-0.05, 0) is 0 Å². The molecule has 0 saturated heterocycles. The molecule has 0 spiro atoms. The highest BCUT2D eigenvalue weighted by Crippen LogP contribution is 1.95. The zero-order valence-electron chi connectivity index (χ0n) is 8.08. The minimum absolute atomic E-state index is 0.301. The smallest absolute Gasteiger partial charge is 0.201 e. The average Bonchev–Trinajstić information content (AvgIpc) is 2.06. The summed E-state index contributed by atoms with van der Waals surface area (Å²) in [5, 5.41) is 0. The molecule has 13 heavy (non-hydrogen) atoms. The van der Waals surface area contributed by atoms with E-state index in [-0.39, 0.29) is 0 Å². The molecule has 0 aromatic rings. The monoisotopic (exact) mass is 204 g/mol. The maximum Gasteiger partial charge on any atom is 0.279 e. The van der Waals surface area contributed by atoms with Crippen molar-refractivity contribution in [3.63, 3.8) is 0 Å². The largest absolute Gasteiger partial charge is 0.279 e. The van der Waals surface area contributed by atoms with Crippen LogP contribution in [0.4, 0.5) is 0 Å². The molecule has 1 N–H and O–H groups in total. The summed E-state index contributed by atoms with van der Waals surface area (Å²) < 4.78 is 26.6. The minimum Gasteiger partial charge on any atom is -0.201 e. The third kappa shape index (κ3) is 4.27. The Morgan fingerprint density at radius 2 is 1.92 bits per heavy atom. The van der Waals surface area contributed by atoms with Gasteiger partial charge in [0.05, 0.1) is 0 Å². The predicted octanol–water partition coefficient (Wildman–Crippen LogP) is 0.186. The number of nitrogens with zero attached hydrogens (tertiary/aromatic N) is 1. The lowest BCUT2D eigenvalue weighted by Crippen LogP contribution is -2.40. The summed E-state index contributed by atoms with van der Waals surface area (Å²) in [5.74, 6) is 2.37. The van der Waals surface area contributed by atoms with Crippen molar-refractivity contribution in [2.75, 3.05) is 19.6 Å². The number of hydrogen-bond acceptors (Lipinski definition) is 2. The zero-order valence-corrected chi connectivity index (χ0v) is 8.89. The van der Waals surface area contributed by atoms with Gasteiger partial charge in [-0.3, -0.25) is 0 Å². The van der Waals surface area contributed by atoms with Crippen LogP contribution in [0.5, 0.6) is 0 Å². The Bertz CT molecular complexity index is 262. The second-order valence-electron chi connectivity index (χ2n) is 2.44. The molecule has 0 heterocycles. The molecule has 0 aliphatic carbocycles. The fraction of sp³-hybridized carbons (Fsp3) is 0.750. The summed E-state index contributed by atoms with van der Waals surface area (Å²) in [6.45, 7) is 4.84. The first-order chi connectivity index (χ1) is 6.08. The number of terminal acetylenes is 1. The van der Waals surface area contributed by atoms with Crippen molar-refractivity contribution < 1.29 is 8.42 Å². The molecule has 0 aromatic carbocycles. The molecule has 0 aliphatic heterocycles. The third-order valence-corrected chi connectivity index (χ3v) is 3.36. The molecule has 0 amide bonds. The van der Waals surface area contributed by atoms with Gasteiger partial charge in [-0.25, -0.2) is 4.72 Å². The molecular weight excluding hydrogens is 188 g/mol. The van der Waals surface area contributed by atoms with Gasteiger partial charge in [0.1, 0.15) is 0 Å². The molecule has 76 valence electrons. The first kappa shape index (κ1) is 12.4. The second kappa shape index (κ2) is 5.97. The predicted molar refractivity (Wildman–Crippen MR) is 53.3 cm³/mol. The van der Waals surface area contributed by atoms with Crippen LogP contribution in [0, 0.1) is 12.3 Å². The summed E-state index contributed by atoms with van der Waals surface area (Å²) in [6.07, 6.45) is 5.42. The molecule has 0 saturated carbocycles. The molecule has 0 radical (unpaired) electrons. The summed E-state index contributed by atoms with van der Waals surface area (Å²) in [7, 11) is -3.31. The van der Waals surface area contributed by atoms with E-state index in [1.807, 2.05) is 0 Å². The lowest BCUT2D eigenvalue weighted by atomic mass is 10.5. The van der Waals surface area contributed by atoms with Gasteiger partial charge in [-0.2, -0.15) is 12.7 Å². The van der Waals surface area contributed by atoms with Crippen LogP contribution < -0.4 is 4.72 Å². The van der Waals surface area contributed by atoms with E-state index in [9.17, 15) is 8.42 Å². The van der Waals surface area contributed by atoms with Gasteiger partial charge in [0.15, 0.2) is 0 Å². The highest BCUT2D eigenvalue weighted by molar-refractivity contribution is 7.87. The van der Waals surface area contributed by atoms with E-state index >= 15 is 0 Å². The molecule has 0 fully saturated rings. The van der Waals surface area contributed by atoms with E-state index in [2.05, 4.69) is 10.6 Å². The van der Waals surface area contributed by atoms with Gasteiger partial charge in [0.2, 0.25) is 0 Å².